The fourth-order valence-electron chi connectivity index (χ4n) is 1.36. The minimum absolute atomic E-state index is 0.203. The summed E-state index contributed by atoms with van der Waals surface area (Å²) in [7, 11) is 0. The Balaban J connectivity index is 4.75. The average Bonchev–Trinajstić information content (AvgIpc) is 2.12. The van der Waals surface area contributed by atoms with Gasteiger partial charge in [-0.2, -0.15) is 0 Å². The Morgan fingerprint density at radius 3 is 2.18 bits per heavy atom. The summed E-state index contributed by atoms with van der Waals surface area (Å²) in [6.07, 6.45) is 0. The number of hydrogen-bond donors (Lipinski definition) is 2. The van der Waals surface area contributed by atoms with Crippen LogP contribution < -0.4 is 11.1 Å². The number of nitrogens with two attached hydrogens (primary N) is 1. The van der Waals surface area contributed by atoms with E-state index in [9.17, 15) is 14.4 Å². The smallest absolute Gasteiger partial charge is 0.319 e. The van der Waals surface area contributed by atoms with Crippen molar-refractivity contribution in [2.24, 2.45) is 17.1 Å². The van der Waals surface area contributed by atoms with E-state index in [0.717, 1.165) is 0 Å². The van der Waals surface area contributed by atoms with Crippen LogP contribution in [0.15, 0.2) is 0 Å². The second-order valence-corrected chi connectivity index (χ2v) is 4.74. The molecular weight excluding hydrogens is 224 g/mol. The van der Waals surface area contributed by atoms with Crippen molar-refractivity contribution in [3.05, 3.63) is 0 Å². The molecule has 0 aromatic carbocycles. The van der Waals surface area contributed by atoms with Crippen LogP contribution >= 0.6 is 0 Å². The first-order valence-corrected chi connectivity index (χ1v) is 5.42. The standard InChI is InChI=1S/C11H20N2O4/c1-5-17-10(16)8(11(2,3)4)9(15)13-6-7(12)14/h8H,5-6H2,1-4H3,(H2,12,14)(H,13,15). The Morgan fingerprint density at radius 2 is 1.82 bits per heavy atom. The summed E-state index contributed by atoms with van der Waals surface area (Å²) < 4.78 is 4.84. The van der Waals surface area contributed by atoms with Crippen molar-refractivity contribution in [3.8, 4) is 0 Å². The van der Waals surface area contributed by atoms with Crippen LogP contribution in [0.3, 0.4) is 0 Å². The number of carbonyl (C=O) groups excluding carboxylic acids is 3. The molecule has 0 rings (SSSR count). The normalized spacial score (nSPS) is 12.7. The van der Waals surface area contributed by atoms with Gasteiger partial charge in [0.2, 0.25) is 11.8 Å². The van der Waals surface area contributed by atoms with Crippen LogP contribution in [0.2, 0.25) is 0 Å². The van der Waals surface area contributed by atoms with Gasteiger partial charge in [-0.25, -0.2) is 0 Å². The highest BCUT2D eigenvalue weighted by Crippen LogP contribution is 2.27. The Kier molecular flexibility index (Phi) is 5.64. The van der Waals surface area contributed by atoms with Gasteiger partial charge < -0.3 is 15.8 Å². The summed E-state index contributed by atoms with van der Waals surface area (Å²) in [6, 6.07) is 0. The molecule has 2 amide bonds. The van der Waals surface area contributed by atoms with Crippen LogP contribution in [0.25, 0.3) is 0 Å². The highest BCUT2D eigenvalue weighted by Gasteiger charge is 2.38. The summed E-state index contributed by atoms with van der Waals surface area (Å²) >= 11 is 0. The lowest BCUT2D eigenvalue weighted by Gasteiger charge is -2.27. The number of rotatable bonds is 5. The molecule has 0 radical (unpaired) electrons. The Bertz CT molecular complexity index is 307. The van der Waals surface area contributed by atoms with Crippen LogP contribution in [-0.2, 0) is 19.1 Å². The van der Waals surface area contributed by atoms with E-state index < -0.39 is 29.1 Å². The third kappa shape index (κ3) is 5.33. The minimum atomic E-state index is -0.957. The zero-order valence-corrected chi connectivity index (χ0v) is 10.7. The lowest BCUT2D eigenvalue weighted by atomic mass is 9.80. The van der Waals surface area contributed by atoms with E-state index in [1.165, 1.54) is 0 Å². The van der Waals surface area contributed by atoms with Crippen LogP contribution in [0, 0.1) is 11.3 Å². The predicted octanol–water partition coefficient (Wildman–Crippen LogP) is -0.187. The van der Waals surface area contributed by atoms with E-state index in [1.807, 2.05) is 0 Å². The third-order valence-electron chi connectivity index (χ3n) is 2.09. The molecule has 0 aliphatic carbocycles. The SMILES string of the molecule is CCOC(=O)C(C(=O)NCC(N)=O)C(C)(C)C. The highest BCUT2D eigenvalue weighted by molar-refractivity contribution is 5.99. The maximum absolute atomic E-state index is 11.8. The number of esters is 1. The van der Waals surface area contributed by atoms with Crippen molar-refractivity contribution in [1.29, 1.82) is 0 Å². The quantitative estimate of drug-likeness (QED) is 0.517. The summed E-state index contributed by atoms with van der Waals surface area (Å²) in [5.74, 6) is -2.76. The molecule has 0 fully saturated rings. The van der Waals surface area contributed by atoms with Crippen molar-refractivity contribution < 1.29 is 19.1 Å². The van der Waals surface area contributed by atoms with Gasteiger partial charge in [-0.15, -0.1) is 0 Å². The first-order chi connectivity index (χ1) is 7.70. The van der Waals surface area contributed by atoms with Crippen LogP contribution in [-0.4, -0.2) is 30.9 Å². The van der Waals surface area contributed by atoms with Gasteiger partial charge in [0.1, 0.15) is 5.92 Å². The van der Waals surface area contributed by atoms with Gasteiger partial charge in [0.15, 0.2) is 0 Å². The van der Waals surface area contributed by atoms with Gasteiger partial charge >= 0.3 is 5.97 Å². The molecule has 1 unspecified atom stereocenters. The monoisotopic (exact) mass is 244 g/mol. The molecule has 0 aromatic rings. The molecule has 1 atom stereocenters. The van der Waals surface area contributed by atoms with Crippen molar-refractivity contribution in [3.63, 3.8) is 0 Å². The Hall–Kier alpha value is -1.59. The summed E-state index contributed by atoms with van der Waals surface area (Å²) in [5.41, 5.74) is 4.33. The molecule has 0 bridgehead atoms. The van der Waals surface area contributed by atoms with Gasteiger partial charge in [0.05, 0.1) is 13.2 Å². The molecule has 0 saturated heterocycles. The van der Waals surface area contributed by atoms with E-state index in [4.69, 9.17) is 10.5 Å². The zero-order valence-electron chi connectivity index (χ0n) is 10.7. The molecule has 0 aromatic heterocycles. The molecular formula is C11H20N2O4. The van der Waals surface area contributed by atoms with E-state index in [0.29, 0.717) is 0 Å². The zero-order chi connectivity index (χ0) is 13.6. The first-order valence-electron chi connectivity index (χ1n) is 5.42. The Morgan fingerprint density at radius 1 is 1.29 bits per heavy atom. The van der Waals surface area contributed by atoms with E-state index in [-0.39, 0.29) is 13.2 Å². The molecule has 0 aliphatic heterocycles. The summed E-state index contributed by atoms with van der Waals surface area (Å²) in [6.45, 7) is 6.83. The molecule has 17 heavy (non-hydrogen) atoms. The number of nitrogens with one attached hydrogen (secondary N) is 1. The van der Waals surface area contributed by atoms with Gasteiger partial charge in [-0.05, 0) is 12.3 Å². The fourth-order valence-corrected chi connectivity index (χ4v) is 1.36. The molecule has 0 saturated carbocycles. The number of amides is 2. The largest absolute Gasteiger partial charge is 0.465 e. The summed E-state index contributed by atoms with van der Waals surface area (Å²) in [5, 5.41) is 2.31. The van der Waals surface area contributed by atoms with Crippen LogP contribution in [0.4, 0.5) is 0 Å². The van der Waals surface area contributed by atoms with Gasteiger partial charge in [-0.3, -0.25) is 14.4 Å². The maximum atomic E-state index is 11.8. The topological polar surface area (TPSA) is 98.5 Å². The lowest BCUT2D eigenvalue weighted by Crippen LogP contribution is -2.45. The van der Waals surface area contributed by atoms with Crippen molar-refractivity contribution in [1.82, 2.24) is 5.32 Å². The molecule has 98 valence electrons. The maximum Gasteiger partial charge on any atom is 0.319 e. The molecule has 0 aliphatic rings. The number of hydrogen-bond acceptors (Lipinski definition) is 4. The number of ether oxygens (including phenoxy) is 1. The molecule has 6 nitrogen and oxygen atoms in total. The fraction of sp³-hybridized carbons (Fsp3) is 0.727. The van der Waals surface area contributed by atoms with Crippen molar-refractivity contribution in [2.45, 2.75) is 27.7 Å². The van der Waals surface area contributed by atoms with E-state index in [2.05, 4.69) is 5.32 Å². The van der Waals surface area contributed by atoms with E-state index in [1.54, 1.807) is 27.7 Å². The van der Waals surface area contributed by atoms with E-state index >= 15 is 0 Å². The predicted molar refractivity (Wildman–Crippen MR) is 61.8 cm³/mol. The van der Waals surface area contributed by atoms with Gasteiger partial charge in [0.25, 0.3) is 0 Å². The minimum Gasteiger partial charge on any atom is -0.465 e. The van der Waals surface area contributed by atoms with Crippen LogP contribution in [0.1, 0.15) is 27.7 Å². The van der Waals surface area contributed by atoms with Gasteiger partial charge in [0, 0.05) is 0 Å². The van der Waals surface area contributed by atoms with Gasteiger partial charge in [-0.1, -0.05) is 20.8 Å². The molecule has 3 N–H and O–H groups in total. The second-order valence-electron chi connectivity index (χ2n) is 4.74. The summed E-state index contributed by atoms with van der Waals surface area (Å²) in [4.78, 5) is 34.0. The molecule has 0 heterocycles. The van der Waals surface area contributed by atoms with Crippen molar-refractivity contribution >= 4 is 17.8 Å². The highest BCUT2D eigenvalue weighted by atomic mass is 16.5. The number of carbonyl (C=O) groups is 3. The Labute approximate surface area is 101 Å². The van der Waals surface area contributed by atoms with Crippen molar-refractivity contribution in [2.75, 3.05) is 13.2 Å². The second kappa shape index (κ2) is 6.22. The number of primary amides is 1. The molecule has 0 spiro atoms. The molecule has 6 heteroatoms. The van der Waals surface area contributed by atoms with Crippen LogP contribution in [0.5, 0.6) is 0 Å². The third-order valence-corrected chi connectivity index (χ3v) is 2.09. The average molecular weight is 244 g/mol. The lowest BCUT2D eigenvalue weighted by molar-refractivity contribution is -0.157. The first kappa shape index (κ1) is 15.4.